The summed E-state index contributed by atoms with van der Waals surface area (Å²) in [6.45, 7) is 3.66. The monoisotopic (exact) mass is 352 g/mol. The van der Waals surface area contributed by atoms with E-state index in [0.717, 1.165) is 0 Å². The summed E-state index contributed by atoms with van der Waals surface area (Å²) in [4.78, 5) is 26.9. The van der Waals surface area contributed by atoms with Crippen LogP contribution in [-0.4, -0.2) is 36.4 Å². The maximum Gasteiger partial charge on any atom is 0.253 e. The van der Waals surface area contributed by atoms with Crippen molar-refractivity contribution in [1.82, 2.24) is 4.90 Å². The van der Waals surface area contributed by atoms with Gasteiger partial charge in [-0.3, -0.25) is 9.59 Å². The third kappa shape index (κ3) is 4.23. The molecule has 2 aromatic carbocycles. The van der Waals surface area contributed by atoms with E-state index in [-0.39, 0.29) is 17.7 Å². The average Bonchev–Trinajstić information content (AvgIpc) is 2.70. The minimum atomic E-state index is -0.0930. The van der Waals surface area contributed by atoms with Crippen molar-refractivity contribution in [1.29, 1.82) is 0 Å². The highest BCUT2D eigenvalue weighted by atomic mass is 16.5. The van der Waals surface area contributed by atoms with Gasteiger partial charge in [-0.15, -0.1) is 0 Å². The van der Waals surface area contributed by atoms with Gasteiger partial charge in [-0.2, -0.15) is 0 Å². The first kappa shape index (κ1) is 18.0. The van der Waals surface area contributed by atoms with Crippen LogP contribution in [0.3, 0.4) is 0 Å². The maximum atomic E-state index is 12.6. The van der Waals surface area contributed by atoms with Gasteiger partial charge in [0.2, 0.25) is 5.91 Å². The first-order valence-electron chi connectivity index (χ1n) is 9.06. The smallest absolute Gasteiger partial charge is 0.253 e. The summed E-state index contributed by atoms with van der Waals surface area (Å²) in [5.41, 5.74) is 1.39. The second-order valence-electron chi connectivity index (χ2n) is 6.35. The van der Waals surface area contributed by atoms with Crippen LogP contribution >= 0.6 is 0 Å². The fraction of sp³-hybridized carbons (Fsp3) is 0.333. The number of nitrogens with zero attached hydrogens (tertiary/aromatic N) is 1. The second-order valence-corrected chi connectivity index (χ2v) is 6.35. The Morgan fingerprint density at radius 1 is 1.04 bits per heavy atom. The fourth-order valence-corrected chi connectivity index (χ4v) is 3.19. The molecular weight excluding hydrogens is 328 g/mol. The van der Waals surface area contributed by atoms with Gasteiger partial charge in [-0.1, -0.05) is 30.3 Å². The number of nitrogens with one attached hydrogen (secondary N) is 1. The highest BCUT2D eigenvalue weighted by Crippen LogP contribution is 2.26. The molecule has 136 valence electrons. The molecule has 1 aliphatic rings. The molecule has 2 aromatic rings. The molecule has 0 saturated carbocycles. The molecule has 2 amide bonds. The first-order valence-corrected chi connectivity index (χ1v) is 9.06. The lowest BCUT2D eigenvalue weighted by molar-refractivity contribution is -0.121. The average molecular weight is 352 g/mol. The normalized spacial score (nSPS) is 14.7. The Morgan fingerprint density at radius 2 is 1.69 bits per heavy atom. The zero-order valence-corrected chi connectivity index (χ0v) is 15.0. The number of piperidine rings is 1. The van der Waals surface area contributed by atoms with Crippen molar-refractivity contribution in [2.75, 3.05) is 25.0 Å². The van der Waals surface area contributed by atoms with Crippen molar-refractivity contribution < 1.29 is 14.3 Å². The molecule has 0 atom stereocenters. The molecular formula is C21H24N2O3. The predicted octanol–water partition coefficient (Wildman–Crippen LogP) is 3.58. The highest BCUT2D eigenvalue weighted by molar-refractivity contribution is 5.95. The zero-order chi connectivity index (χ0) is 18.4. The number of ether oxygens (including phenoxy) is 1. The number of carbonyl (C=O) groups is 2. The molecule has 1 fully saturated rings. The number of benzene rings is 2. The summed E-state index contributed by atoms with van der Waals surface area (Å²) in [6, 6.07) is 16.7. The zero-order valence-electron chi connectivity index (χ0n) is 15.0. The van der Waals surface area contributed by atoms with Gasteiger partial charge in [0.15, 0.2) is 0 Å². The van der Waals surface area contributed by atoms with Crippen LogP contribution in [0, 0.1) is 5.92 Å². The minimum absolute atomic E-state index is 0.0102. The molecule has 5 heteroatoms. The van der Waals surface area contributed by atoms with E-state index in [4.69, 9.17) is 4.74 Å². The Labute approximate surface area is 154 Å². The van der Waals surface area contributed by atoms with E-state index in [1.165, 1.54) is 0 Å². The van der Waals surface area contributed by atoms with Crippen LogP contribution in [0.25, 0.3) is 0 Å². The summed E-state index contributed by atoms with van der Waals surface area (Å²) in [6.07, 6.45) is 1.34. The van der Waals surface area contributed by atoms with Crippen molar-refractivity contribution in [3.63, 3.8) is 0 Å². The van der Waals surface area contributed by atoms with Gasteiger partial charge in [0.1, 0.15) is 5.75 Å². The Balaban J connectivity index is 1.56. The molecule has 3 rings (SSSR count). The molecule has 0 spiro atoms. The van der Waals surface area contributed by atoms with Crippen molar-refractivity contribution in [2.24, 2.45) is 5.92 Å². The molecule has 1 saturated heterocycles. The number of anilines is 1. The standard InChI is InChI=1S/C21H24N2O3/c1-2-26-19-11-7-6-10-18(19)22-20(24)16-12-14-23(15-13-16)21(25)17-8-4-3-5-9-17/h3-11,16H,2,12-15H2,1H3,(H,22,24). The lowest BCUT2D eigenvalue weighted by atomic mass is 9.95. The Morgan fingerprint density at radius 3 is 2.38 bits per heavy atom. The summed E-state index contributed by atoms with van der Waals surface area (Å²) in [5.74, 6) is 0.611. The molecule has 0 aliphatic carbocycles. The number of para-hydroxylation sites is 2. The van der Waals surface area contributed by atoms with Crippen LogP contribution in [0.5, 0.6) is 5.75 Å². The third-order valence-corrected chi connectivity index (χ3v) is 4.62. The lowest BCUT2D eigenvalue weighted by Crippen LogP contribution is -2.41. The van der Waals surface area contributed by atoms with Gasteiger partial charge in [0, 0.05) is 24.6 Å². The van der Waals surface area contributed by atoms with E-state index < -0.39 is 0 Å². The van der Waals surface area contributed by atoms with Crippen LogP contribution in [0.4, 0.5) is 5.69 Å². The van der Waals surface area contributed by atoms with Crippen molar-refractivity contribution >= 4 is 17.5 Å². The number of hydrogen-bond donors (Lipinski definition) is 1. The van der Waals surface area contributed by atoms with E-state index in [0.29, 0.717) is 49.5 Å². The van der Waals surface area contributed by atoms with Crippen molar-refractivity contribution in [3.05, 3.63) is 60.2 Å². The van der Waals surface area contributed by atoms with E-state index in [1.807, 2.05) is 66.4 Å². The maximum absolute atomic E-state index is 12.6. The van der Waals surface area contributed by atoms with Crippen LogP contribution in [0.15, 0.2) is 54.6 Å². The molecule has 1 N–H and O–H groups in total. The number of amides is 2. The molecule has 0 unspecified atom stereocenters. The predicted molar refractivity (Wildman–Crippen MR) is 101 cm³/mol. The van der Waals surface area contributed by atoms with Gasteiger partial charge < -0.3 is 15.0 Å². The molecule has 0 radical (unpaired) electrons. The third-order valence-electron chi connectivity index (χ3n) is 4.62. The van der Waals surface area contributed by atoms with Gasteiger partial charge in [-0.05, 0) is 44.0 Å². The molecule has 1 aliphatic heterocycles. The lowest BCUT2D eigenvalue weighted by Gasteiger charge is -2.31. The van der Waals surface area contributed by atoms with Gasteiger partial charge in [0.25, 0.3) is 5.91 Å². The van der Waals surface area contributed by atoms with Crippen LogP contribution in [-0.2, 0) is 4.79 Å². The summed E-state index contributed by atoms with van der Waals surface area (Å²) in [7, 11) is 0. The molecule has 5 nitrogen and oxygen atoms in total. The summed E-state index contributed by atoms with van der Waals surface area (Å²) in [5, 5.41) is 2.97. The first-order chi connectivity index (χ1) is 12.7. The number of hydrogen-bond acceptors (Lipinski definition) is 3. The van der Waals surface area contributed by atoms with E-state index in [2.05, 4.69) is 5.32 Å². The van der Waals surface area contributed by atoms with Crippen LogP contribution in [0.2, 0.25) is 0 Å². The topological polar surface area (TPSA) is 58.6 Å². The van der Waals surface area contributed by atoms with Gasteiger partial charge >= 0.3 is 0 Å². The molecule has 0 aromatic heterocycles. The number of rotatable bonds is 5. The summed E-state index contributed by atoms with van der Waals surface area (Å²) >= 11 is 0. The molecule has 26 heavy (non-hydrogen) atoms. The second kappa shape index (κ2) is 8.52. The van der Waals surface area contributed by atoms with E-state index in [1.54, 1.807) is 0 Å². The van der Waals surface area contributed by atoms with E-state index >= 15 is 0 Å². The van der Waals surface area contributed by atoms with Crippen molar-refractivity contribution in [2.45, 2.75) is 19.8 Å². The molecule has 0 bridgehead atoms. The summed E-state index contributed by atoms with van der Waals surface area (Å²) < 4.78 is 5.56. The SMILES string of the molecule is CCOc1ccccc1NC(=O)C1CCN(C(=O)c2ccccc2)CC1. The van der Waals surface area contributed by atoms with E-state index in [9.17, 15) is 9.59 Å². The number of likely N-dealkylation sites (tertiary alicyclic amines) is 1. The Hall–Kier alpha value is -2.82. The van der Waals surface area contributed by atoms with Crippen LogP contribution < -0.4 is 10.1 Å². The Kier molecular flexibility index (Phi) is 5.89. The number of carbonyl (C=O) groups excluding carboxylic acids is 2. The van der Waals surface area contributed by atoms with Gasteiger partial charge in [-0.25, -0.2) is 0 Å². The Bertz CT molecular complexity index is 753. The van der Waals surface area contributed by atoms with Crippen LogP contribution in [0.1, 0.15) is 30.1 Å². The minimum Gasteiger partial charge on any atom is -0.492 e. The molecule has 1 heterocycles. The largest absolute Gasteiger partial charge is 0.492 e. The highest BCUT2D eigenvalue weighted by Gasteiger charge is 2.28. The quantitative estimate of drug-likeness (QED) is 0.895. The van der Waals surface area contributed by atoms with Gasteiger partial charge in [0.05, 0.1) is 12.3 Å². The fourth-order valence-electron chi connectivity index (χ4n) is 3.19. The van der Waals surface area contributed by atoms with Crippen molar-refractivity contribution in [3.8, 4) is 5.75 Å².